The van der Waals surface area contributed by atoms with Crippen LogP contribution in [0.25, 0.3) is 0 Å². The van der Waals surface area contributed by atoms with Gasteiger partial charge in [-0.25, -0.2) is 0 Å². The van der Waals surface area contributed by atoms with Crippen molar-refractivity contribution in [2.45, 2.75) is 45.4 Å². The van der Waals surface area contributed by atoms with E-state index >= 15 is 0 Å². The normalized spacial score (nSPS) is 28.8. The predicted octanol–water partition coefficient (Wildman–Crippen LogP) is 1.46. The Bertz CT molecular complexity index is 218. The number of fused-ring (bicyclic) bond motifs is 1. The second-order valence-corrected chi connectivity index (χ2v) is 5.35. The van der Waals surface area contributed by atoms with E-state index in [9.17, 15) is 0 Å². The number of ether oxygens (including phenoxy) is 2. The fraction of sp³-hybridized carbons (Fsp3) is 1.00. The van der Waals surface area contributed by atoms with Gasteiger partial charge in [-0.15, -0.1) is 0 Å². The Balaban J connectivity index is 1.69. The second kappa shape index (κ2) is 7.43. The van der Waals surface area contributed by atoms with E-state index in [0.29, 0.717) is 0 Å². The molecule has 2 heterocycles. The van der Waals surface area contributed by atoms with E-state index < -0.39 is 0 Å². The molecule has 4 heteroatoms. The zero-order valence-corrected chi connectivity index (χ0v) is 11.9. The number of rotatable bonds is 7. The average molecular weight is 256 g/mol. The minimum absolute atomic E-state index is 0.0180. The Hall–Kier alpha value is -0.160. The van der Waals surface area contributed by atoms with Crippen molar-refractivity contribution in [3.8, 4) is 0 Å². The highest BCUT2D eigenvalue weighted by Crippen LogP contribution is 2.25. The van der Waals surface area contributed by atoms with E-state index in [2.05, 4.69) is 10.2 Å². The van der Waals surface area contributed by atoms with Crippen LogP contribution in [0.5, 0.6) is 0 Å². The first-order valence-corrected chi connectivity index (χ1v) is 7.52. The third kappa shape index (κ3) is 3.92. The maximum absolute atomic E-state index is 5.60. The van der Waals surface area contributed by atoms with Gasteiger partial charge in [-0.05, 0) is 39.2 Å². The number of nitrogens with one attached hydrogen (secondary N) is 1. The molecule has 0 aromatic heterocycles. The fourth-order valence-electron chi connectivity index (χ4n) is 3.19. The van der Waals surface area contributed by atoms with E-state index in [4.69, 9.17) is 9.47 Å². The van der Waals surface area contributed by atoms with Crippen LogP contribution in [-0.4, -0.2) is 56.6 Å². The van der Waals surface area contributed by atoms with Crippen LogP contribution in [0.1, 0.15) is 33.1 Å². The summed E-state index contributed by atoms with van der Waals surface area (Å²) >= 11 is 0. The molecule has 2 atom stereocenters. The molecule has 0 aliphatic carbocycles. The molecule has 0 amide bonds. The topological polar surface area (TPSA) is 33.7 Å². The highest BCUT2D eigenvalue weighted by atomic mass is 16.7. The lowest BCUT2D eigenvalue weighted by atomic mass is 9.94. The third-order valence-electron chi connectivity index (χ3n) is 4.06. The largest absolute Gasteiger partial charge is 0.353 e. The molecular formula is C14H28N2O2. The molecule has 2 rings (SSSR count). The van der Waals surface area contributed by atoms with Crippen LogP contribution in [0.3, 0.4) is 0 Å². The molecule has 2 aliphatic rings. The van der Waals surface area contributed by atoms with E-state index in [1.165, 1.54) is 32.5 Å². The summed E-state index contributed by atoms with van der Waals surface area (Å²) < 4.78 is 11.2. The van der Waals surface area contributed by atoms with Crippen molar-refractivity contribution in [1.82, 2.24) is 10.2 Å². The molecule has 0 unspecified atom stereocenters. The van der Waals surface area contributed by atoms with Gasteiger partial charge in [-0.1, -0.05) is 0 Å². The summed E-state index contributed by atoms with van der Waals surface area (Å²) in [6, 6.07) is 0.733. The highest BCUT2D eigenvalue weighted by molar-refractivity contribution is 4.91. The monoisotopic (exact) mass is 256 g/mol. The fourth-order valence-corrected chi connectivity index (χ4v) is 3.19. The van der Waals surface area contributed by atoms with Crippen LogP contribution < -0.4 is 5.32 Å². The van der Waals surface area contributed by atoms with Crippen LogP contribution in [-0.2, 0) is 9.47 Å². The summed E-state index contributed by atoms with van der Waals surface area (Å²) in [7, 11) is 0. The second-order valence-electron chi connectivity index (χ2n) is 5.35. The van der Waals surface area contributed by atoms with Gasteiger partial charge in [0.25, 0.3) is 0 Å². The Morgan fingerprint density at radius 2 is 2.00 bits per heavy atom. The Morgan fingerprint density at radius 1 is 1.22 bits per heavy atom. The summed E-state index contributed by atoms with van der Waals surface area (Å²) in [6.07, 6.45) is 3.71. The summed E-state index contributed by atoms with van der Waals surface area (Å²) in [5.74, 6) is 0.872. The zero-order chi connectivity index (χ0) is 12.8. The van der Waals surface area contributed by atoms with Crippen LogP contribution in [0.2, 0.25) is 0 Å². The Morgan fingerprint density at radius 3 is 2.67 bits per heavy atom. The molecule has 0 saturated carbocycles. The maximum Gasteiger partial charge on any atom is 0.158 e. The number of hydrogen-bond acceptors (Lipinski definition) is 4. The van der Waals surface area contributed by atoms with Gasteiger partial charge in [0.2, 0.25) is 0 Å². The summed E-state index contributed by atoms with van der Waals surface area (Å²) in [5, 5.41) is 3.64. The van der Waals surface area contributed by atoms with Crippen LogP contribution >= 0.6 is 0 Å². The van der Waals surface area contributed by atoms with Gasteiger partial charge in [-0.3, -0.25) is 0 Å². The number of piperidine rings is 1. The minimum Gasteiger partial charge on any atom is -0.353 e. The van der Waals surface area contributed by atoms with Crippen molar-refractivity contribution in [3.05, 3.63) is 0 Å². The van der Waals surface area contributed by atoms with Crippen LogP contribution in [0.4, 0.5) is 0 Å². The quantitative estimate of drug-likeness (QED) is 0.699. The van der Waals surface area contributed by atoms with Gasteiger partial charge in [0.05, 0.1) is 0 Å². The van der Waals surface area contributed by atoms with E-state index in [1.54, 1.807) is 0 Å². The van der Waals surface area contributed by atoms with Crippen molar-refractivity contribution < 1.29 is 9.47 Å². The van der Waals surface area contributed by atoms with Crippen molar-refractivity contribution in [2.75, 3.05) is 39.4 Å². The van der Waals surface area contributed by atoms with Gasteiger partial charge in [-0.2, -0.15) is 0 Å². The molecule has 4 nitrogen and oxygen atoms in total. The molecular weight excluding hydrogens is 228 g/mol. The van der Waals surface area contributed by atoms with Crippen molar-refractivity contribution >= 4 is 0 Å². The summed E-state index contributed by atoms with van der Waals surface area (Å²) in [4.78, 5) is 2.57. The summed E-state index contributed by atoms with van der Waals surface area (Å²) in [5.41, 5.74) is 0. The molecule has 2 saturated heterocycles. The standard InChI is InChI=1S/C14H28N2O2/c1-3-17-14(18-4-2)7-9-16-10-12-6-5-8-15-13(12)11-16/h12-15H,3-11H2,1-2H3/t12-,13+/m0/s1. The molecule has 0 bridgehead atoms. The van der Waals surface area contributed by atoms with Crippen molar-refractivity contribution in [1.29, 1.82) is 0 Å². The van der Waals surface area contributed by atoms with Gasteiger partial charge < -0.3 is 19.7 Å². The highest BCUT2D eigenvalue weighted by Gasteiger charge is 2.33. The van der Waals surface area contributed by atoms with Crippen LogP contribution in [0.15, 0.2) is 0 Å². The minimum atomic E-state index is -0.0180. The number of likely N-dealkylation sites (tertiary alicyclic amines) is 1. The van der Waals surface area contributed by atoms with Gasteiger partial charge in [0.1, 0.15) is 0 Å². The van der Waals surface area contributed by atoms with Gasteiger partial charge in [0, 0.05) is 45.3 Å². The lowest BCUT2D eigenvalue weighted by Gasteiger charge is -2.24. The summed E-state index contributed by atoms with van der Waals surface area (Å²) in [6.45, 7) is 10.3. The molecule has 0 aromatic rings. The van der Waals surface area contributed by atoms with E-state index in [-0.39, 0.29) is 6.29 Å². The molecule has 2 fully saturated rings. The lowest BCUT2D eigenvalue weighted by molar-refractivity contribution is -0.141. The molecule has 1 N–H and O–H groups in total. The molecule has 106 valence electrons. The molecule has 2 aliphatic heterocycles. The molecule has 18 heavy (non-hydrogen) atoms. The lowest BCUT2D eigenvalue weighted by Crippen LogP contribution is -2.40. The maximum atomic E-state index is 5.60. The average Bonchev–Trinajstić information content (AvgIpc) is 2.79. The SMILES string of the molecule is CCOC(CCN1C[C@@H]2CCCN[C@@H]2C1)OCC. The van der Waals surface area contributed by atoms with Crippen LogP contribution in [0, 0.1) is 5.92 Å². The zero-order valence-electron chi connectivity index (χ0n) is 11.9. The Labute approximate surface area is 111 Å². The van der Waals surface area contributed by atoms with Crippen molar-refractivity contribution in [2.24, 2.45) is 5.92 Å². The van der Waals surface area contributed by atoms with E-state index in [1.807, 2.05) is 13.8 Å². The predicted molar refractivity (Wildman–Crippen MR) is 72.6 cm³/mol. The molecule has 0 spiro atoms. The first kappa shape index (κ1) is 14.3. The number of nitrogens with zero attached hydrogens (tertiary/aromatic N) is 1. The third-order valence-corrected chi connectivity index (χ3v) is 4.06. The van der Waals surface area contributed by atoms with Gasteiger partial charge in [0.15, 0.2) is 6.29 Å². The molecule has 0 radical (unpaired) electrons. The molecule has 0 aromatic carbocycles. The van der Waals surface area contributed by atoms with Crippen molar-refractivity contribution in [3.63, 3.8) is 0 Å². The van der Waals surface area contributed by atoms with Gasteiger partial charge >= 0.3 is 0 Å². The number of hydrogen-bond donors (Lipinski definition) is 1. The Kier molecular flexibility index (Phi) is 5.89. The first-order valence-electron chi connectivity index (χ1n) is 7.52. The smallest absolute Gasteiger partial charge is 0.158 e. The first-order chi connectivity index (χ1) is 8.83. The van der Waals surface area contributed by atoms with E-state index in [0.717, 1.165) is 38.1 Å².